The maximum atomic E-state index is 4.69. The molecule has 0 unspecified atom stereocenters. The van der Waals surface area contributed by atoms with E-state index in [4.69, 9.17) is 0 Å². The Morgan fingerprint density at radius 1 is 1.26 bits per heavy atom. The van der Waals surface area contributed by atoms with Crippen molar-refractivity contribution in [2.24, 2.45) is 7.05 Å². The van der Waals surface area contributed by atoms with E-state index in [-0.39, 0.29) is 0 Å². The molecule has 0 N–H and O–H groups in total. The summed E-state index contributed by atoms with van der Waals surface area (Å²) in [4.78, 5) is 4.69. The molecular formula is C16H17N3. The number of rotatable bonds is 2. The fourth-order valence-corrected chi connectivity index (χ4v) is 2.56. The zero-order chi connectivity index (χ0) is 13.4. The van der Waals surface area contributed by atoms with Crippen molar-refractivity contribution in [1.82, 2.24) is 14.8 Å². The Morgan fingerprint density at radius 2 is 2.11 bits per heavy atom. The van der Waals surface area contributed by atoms with Gasteiger partial charge in [-0.05, 0) is 30.4 Å². The van der Waals surface area contributed by atoms with Gasteiger partial charge in [0.2, 0.25) is 0 Å². The van der Waals surface area contributed by atoms with Gasteiger partial charge >= 0.3 is 0 Å². The van der Waals surface area contributed by atoms with Crippen molar-refractivity contribution in [3.05, 3.63) is 48.0 Å². The normalized spacial score (nSPS) is 11.1. The van der Waals surface area contributed by atoms with E-state index >= 15 is 0 Å². The minimum atomic E-state index is 0.966. The number of hydrogen-bond acceptors (Lipinski definition) is 2. The predicted octanol–water partition coefficient (Wildman–Crippen LogP) is 3.51. The number of fused-ring (bicyclic) bond motifs is 1. The minimum absolute atomic E-state index is 0.966. The predicted molar refractivity (Wildman–Crippen MR) is 78.1 cm³/mol. The SMILES string of the molecule is CCc1cc2cccc(-c3cnn(C)c3)c2c(C)n1. The fourth-order valence-electron chi connectivity index (χ4n) is 2.56. The van der Waals surface area contributed by atoms with Gasteiger partial charge in [-0.1, -0.05) is 25.1 Å². The zero-order valence-electron chi connectivity index (χ0n) is 11.5. The molecule has 3 rings (SSSR count). The van der Waals surface area contributed by atoms with Crippen molar-refractivity contribution in [2.45, 2.75) is 20.3 Å². The van der Waals surface area contributed by atoms with Crippen LogP contribution in [0.4, 0.5) is 0 Å². The molecule has 0 saturated heterocycles. The summed E-state index contributed by atoms with van der Waals surface area (Å²) < 4.78 is 1.83. The summed E-state index contributed by atoms with van der Waals surface area (Å²) in [5.74, 6) is 0. The summed E-state index contributed by atoms with van der Waals surface area (Å²) in [5, 5.41) is 6.74. The van der Waals surface area contributed by atoms with Gasteiger partial charge < -0.3 is 0 Å². The van der Waals surface area contributed by atoms with Crippen molar-refractivity contribution in [2.75, 3.05) is 0 Å². The molecule has 0 aliphatic carbocycles. The molecule has 2 aromatic heterocycles. The van der Waals surface area contributed by atoms with Crippen LogP contribution < -0.4 is 0 Å². The molecule has 19 heavy (non-hydrogen) atoms. The van der Waals surface area contributed by atoms with E-state index in [0.29, 0.717) is 0 Å². The first kappa shape index (κ1) is 11.9. The van der Waals surface area contributed by atoms with Gasteiger partial charge in [-0.2, -0.15) is 5.10 Å². The van der Waals surface area contributed by atoms with Crippen LogP contribution in [-0.2, 0) is 13.5 Å². The molecule has 2 heterocycles. The standard InChI is InChI=1S/C16H17N3/c1-4-14-8-12-6-5-7-15(16(12)11(2)18-14)13-9-17-19(3)10-13/h5-10H,4H2,1-3H3. The number of nitrogens with zero attached hydrogens (tertiary/aromatic N) is 3. The third-order valence-corrected chi connectivity index (χ3v) is 3.47. The Labute approximate surface area is 112 Å². The molecule has 1 aromatic carbocycles. The van der Waals surface area contributed by atoms with Gasteiger partial charge in [-0.15, -0.1) is 0 Å². The van der Waals surface area contributed by atoms with Gasteiger partial charge in [-0.3, -0.25) is 9.67 Å². The molecule has 3 aromatic rings. The number of aryl methyl sites for hydroxylation is 3. The molecule has 0 radical (unpaired) electrons. The lowest BCUT2D eigenvalue weighted by Crippen LogP contribution is -1.93. The number of hydrogen-bond donors (Lipinski definition) is 0. The Bertz CT molecular complexity index is 741. The summed E-state index contributed by atoms with van der Waals surface area (Å²) in [6.07, 6.45) is 4.91. The summed E-state index contributed by atoms with van der Waals surface area (Å²) in [5.41, 5.74) is 4.59. The Balaban J connectivity index is 2.32. The van der Waals surface area contributed by atoms with E-state index in [0.717, 1.165) is 23.4 Å². The molecular weight excluding hydrogens is 234 g/mol. The maximum absolute atomic E-state index is 4.69. The summed E-state index contributed by atoms with van der Waals surface area (Å²) >= 11 is 0. The van der Waals surface area contributed by atoms with E-state index in [9.17, 15) is 0 Å². The van der Waals surface area contributed by atoms with Crippen LogP contribution in [-0.4, -0.2) is 14.8 Å². The molecule has 96 valence electrons. The van der Waals surface area contributed by atoms with E-state index in [1.807, 2.05) is 24.1 Å². The maximum Gasteiger partial charge on any atom is 0.0568 e. The van der Waals surface area contributed by atoms with Crippen LogP contribution in [0.1, 0.15) is 18.3 Å². The molecule has 0 spiro atoms. The van der Waals surface area contributed by atoms with Crippen molar-refractivity contribution in [3.8, 4) is 11.1 Å². The van der Waals surface area contributed by atoms with Crippen LogP contribution in [0.15, 0.2) is 36.7 Å². The zero-order valence-corrected chi connectivity index (χ0v) is 11.5. The largest absolute Gasteiger partial charge is 0.275 e. The molecule has 3 nitrogen and oxygen atoms in total. The summed E-state index contributed by atoms with van der Waals surface area (Å²) in [6.45, 7) is 4.22. The van der Waals surface area contributed by atoms with E-state index in [2.05, 4.69) is 48.2 Å². The van der Waals surface area contributed by atoms with Gasteiger partial charge in [-0.25, -0.2) is 0 Å². The topological polar surface area (TPSA) is 30.7 Å². The Hall–Kier alpha value is -2.16. The van der Waals surface area contributed by atoms with Crippen LogP contribution in [0.25, 0.3) is 21.9 Å². The molecule has 0 fully saturated rings. The Kier molecular flexibility index (Phi) is 2.82. The smallest absolute Gasteiger partial charge is 0.0568 e. The molecule has 0 amide bonds. The van der Waals surface area contributed by atoms with Gasteiger partial charge in [0.1, 0.15) is 0 Å². The van der Waals surface area contributed by atoms with Crippen molar-refractivity contribution in [1.29, 1.82) is 0 Å². The van der Waals surface area contributed by atoms with E-state index in [1.54, 1.807) is 0 Å². The second-order valence-corrected chi connectivity index (χ2v) is 4.86. The average Bonchev–Trinajstić information content (AvgIpc) is 2.84. The van der Waals surface area contributed by atoms with Crippen LogP contribution in [0.2, 0.25) is 0 Å². The average molecular weight is 251 g/mol. The second-order valence-electron chi connectivity index (χ2n) is 4.86. The lowest BCUT2D eigenvalue weighted by atomic mass is 9.99. The van der Waals surface area contributed by atoms with Crippen molar-refractivity contribution >= 4 is 10.8 Å². The highest BCUT2D eigenvalue weighted by atomic mass is 15.2. The van der Waals surface area contributed by atoms with Gasteiger partial charge in [0.25, 0.3) is 0 Å². The molecule has 0 aliphatic heterocycles. The first-order valence-corrected chi connectivity index (χ1v) is 6.57. The molecule has 0 atom stereocenters. The summed E-state index contributed by atoms with van der Waals surface area (Å²) in [7, 11) is 1.94. The lowest BCUT2D eigenvalue weighted by Gasteiger charge is -2.09. The highest BCUT2D eigenvalue weighted by Gasteiger charge is 2.09. The quantitative estimate of drug-likeness (QED) is 0.698. The highest BCUT2D eigenvalue weighted by molar-refractivity contribution is 5.98. The lowest BCUT2D eigenvalue weighted by molar-refractivity contribution is 0.768. The molecule has 0 aliphatic rings. The fraction of sp³-hybridized carbons (Fsp3) is 0.250. The second kappa shape index (κ2) is 4.50. The minimum Gasteiger partial charge on any atom is -0.275 e. The molecule has 3 heteroatoms. The first-order chi connectivity index (χ1) is 9.19. The summed E-state index contributed by atoms with van der Waals surface area (Å²) in [6, 6.07) is 8.58. The van der Waals surface area contributed by atoms with Gasteiger partial charge in [0.05, 0.1) is 6.20 Å². The number of aromatic nitrogens is 3. The van der Waals surface area contributed by atoms with Crippen LogP contribution in [0.3, 0.4) is 0 Å². The van der Waals surface area contributed by atoms with Gasteiger partial charge in [0, 0.05) is 35.6 Å². The first-order valence-electron chi connectivity index (χ1n) is 6.57. The molecule has 0 saturated carbocycles. The number of benzene rings is 1. The Morgan fingerprint density at radius 3 is 2.79 bits per heavy atom. The van der Waals surface area contributed by atoms with Crippen molar-refractivity contribution < 1.29 is 0 Å². The monoisotopic (exact) mass is 251 g/mol. The van der Waals surface area contributed by atoms with Crippen LogP contribution in [0.5, 0.6) is 0 Å². The molecule has 0 bridgehead atoms. The van der Waals surface area contributed by atoms with E-state index in [1.165, 1.54) is 16.3 Å². The highest BCUT2D eigenvalue weighted by Crippen LogP contribution is 2.30. The van der Waals surface area contributed by atoms with Crippen LogP contribution in [0, 0.1) is 6.92 Å². The third-order valence-electron chi connectivity index (χ3n) is 3.47. The third kappa shape index (κ3) is 2.01. The van der Waals surface area contributed by atoms with Crippen LogP contribution >= 0.6 is 0 Å². The van der Waals surface area contributed by atoms with E-state index < -0.39 is 0 Å². The van der Waals surface area contributed by atoms with Crippen molar-refractivity contribution in [3.63, 3.8) is 0 Å². The number of pyridine rings is 1. The van der Waals surface area contributed by atoms with Gasteiger partial charge in [0.15, 0.2) is 0 Å².